The highest BCUT2D eigenvalue weighted by molar-refractivity contribution is 7.09. The number of ether oxygens (including phenoxy) is 2. The van der Waals surface area contributed by atoms with E-state index in [1.54, 1.807) is 24.4 Å². The normalized spacial score (nSPS) is 25.0. The second kappa shape index (κ2) is 14.4. The van der Waals surface area contributed by atoms with Gasteiger partial charge in [-0.25, -0.2) is 14.6 Å². The summed E-state index contributed by atoms with van der Waals surface area (Å²) in [6.45, 7) is 6.38. The molecule has 1 aromatic heterocycles. The van der Waals surface area contributed by atoms with Crippen LogP contribution in [0.2, 0.25) is 10.0 Å². The zero-order valence-corrected chi connectivity index (χ0v) is 28.4. The first kappa shape index (κ1) is 33.0. The smallest absolute Gasteiger partial charge is 0.336 e. The van der Waals surface area contributed by atoms with Crippen LogP contribution in [0, 0.1) is 5.92 Å². The van der Waals surface area contributed by atoms with Gasteiger partial charge in [-0.2, -0.15) is 0 Å². The number of carbonyl (C=O) groups is 3. The molecule has 0 radical (unpaired) electrons. The SMILES string of the molecule is COC(=O)C1=C(CCc2nccs2)NC(CC(=O)N2CCN([C@@H]3CN4CCC3CC4)CC2)=C(C(=O)OC)C1c1c(Cl)cccc1Cl. The van der Waals surface area contributed by atoms with E-state index >= 15 is 0 Å². The molecule has 13 heteroatoms. The molecular weight excluding hydrogens is 649 g/mol. The van der Waals surface area contributed by atoms with Crippen molar-refractivity contribution in [2.45, 2.75) is 44.1 Å². The molecule has 2 atom stereocenters. The number of amides is 1. The average molecular weight is 689 g/mol. The Hall–Kier alpha value is -2.96. The molecule has 1 unspecified atom stereocenters. The van der Waals surface area contributed by atoms with Crippen molar-refractivity contribution in [2.24, 2.45) is 5.92 Å². The van der Waals surface area contributed by atoms with Gasteiger partial charge in [-0.1, -0.05) is 29.3 Å². The predicted octanol–water partition coefficient (Wildman–Crippen LogP) is 4.25. The lowest BCUT2D eigenvalue weighted by Gasteiger charge is -2.51. The highest BCUT2D eigenvalue weighted by atomic mass is 35.5. The lowest BCUT2D eigenvalue weighted by atomic mass is 9.78. The number of nitrogens with one attached hydrogen (secondary N) is 1. The number of esters is 2. The number of halogens is 2. The number of aromatic nitrogens is 1. The first-order valence-electron chi connectivity index (χ1n) is 15.7. The molecular formula is C33H39Cl2N5O5S. The van der Waals surface area contributed by atoms with E-state index in [0.29, 0.717) is 48.9 Å². The molecule has 0 spiro atoms. The zero-order valence-electron chi connectivity index (χ0n) is 26.1. The fraction of sp³-hybridized carbons (Fsp3) is 0.515. The van der Waals surface area contributed by atoms with Gasteiger partial charge in [0.2, 0.25) is 5.91 Å². The standard InChI is InChI=1S/C33H39Cl2N5O5S/c1-44-32(42)29-23(6-7-26-36-10-17-46-26)37-24(30(33(43)45-2)31(29)28-21(34)4-3-5-22(28)35)18-27(41)40-15-13-39(14-16-40)25-19-38-11-8-20(25)9-12-38/h3-5,10,17,20,25,31,37H,6-9,11-16,18-19H2,1-2H3/t25-,31?/m1/s1. The van der Waals surface area contributed by atoms with Crippen molar-refractivity contribution in [1.29, 1.82) is 0 Å². The van der Waals surface area contributed by atoms with Gasteiger partial charge < -0.3 is 24.6 Å². The monoisotopic (exact) mass is 687 g/mol. The minimum Gasteiger partial charge on any atom is -0.466 e. The number of rotatable bonds is 9. The molecule has 6 heterocycles. The van der Waals surface area contributed by atoms with Crippen molar-refractivity contribution >= 4 is 52.4 Å². The number of carbonyl (C=O) groups excluding carboxylic acids is 3. The summed E-state index contributed by atoms with van der Waals surface area (Å²) < 4.78 is 10.5. The maximum absolute atomic E-state index is 13.9. The summed E-state index contributed by atoms with van der Waals surface area (Å²) >= 11 is 15.0. The van der Waals surface area contributed by atoms with Gasteiger partial charge >= 0.3 is 11.9 Å². The molecule has 0 saturated carbocycles. The summed E-state index contributed by atoms with van der Waals surface area (Å²) in [6.07, 6.45) is 5.05. The Morgan fingerprint density at radius 2 is 1.59 bits per heavy atom. The molecule has 2 aromatic rings. The Morgan fingerprint density at radius 1 is 0.935 bits per heavy atom. The van der Waals surface area contributed by atoms with Crippen LogP contribution in [-0.2, 0) is 30.3 Å². The van der Waals surface area contributed by atoms with Crippen molar-refractivity contribution in [3.8, 4) is 0 Å². The molecule has 0 aliphatic carbocycles. The number of hydrogen-bond acceptors (Lipinski definition) is 10. The number of benzene rings is 1. The van der Waals surface area contributed by atoms with Crippen molar-refractivity contribution in [1.82, 2.24) is 25.0 Å². The Morgan fingerprint density at radius 3 is 2.15 bits per heavy atom. The van der Waals surface area contributed by atoms with Crippen LogP contribution in [0.4, 0.5) is 0 Å². The van der Waals surface area contributed by atoms with Gasteiger partial charge in [0.25, 0.3) is 0 Å². The van der Waals surface area contributed by atoms with Crippen molar-refractivity contribution in [2.75, 3.05) is 60.0 Å². The van der Waals surface area contributed by atoms with Crippen LogP contribution >= 0.6 is 34.5 Å². The van der Waals surface area contributed by atoms with Gasteiger partial charge in [-0.3, -0.25) is 9.69 Å². The average Bonchev–Trinajstić information content (AvgIpc) is 3.61. The summed E-state index contributed by atoms with van der Waals surface area (Å²) in [5.74, 6) is -1.73. The number of aryl methyl sites for hydroxylation is 1. The highest BCUT2D eigenvalue weighted by Gasteiger charge is 2.43. The molecule has 1 N–H and O–H groups in total. The van der Waals surface area contributed by atoms with E-state index in [1.165, 1.54) is 51.5 Å². The third-order valence-electron chi connectivity index (χ3n) is 9.79. The maximum Gasteiger partial charge on any atom is 0.336 e. The lowest BCUT2D eigenvalue weighted by molar-refractivity contribution is -0.137. The first-order chi connectivity index (χ1) is 22.3. The molecule has 246 valence electrons. The highest BCUT2D eigenvalue weighted by Crippen LogP contribution is 2.46. The minimum atomic E-state index is -1.02. The van der Waals surface area contributed by atoms with Gasteiger partial charge in [0.15, 0.2) is 0 Å². The largest absolute Gasteiger partial charge is 0.466 e. The number of hydrogen-bond donors (Lipinski definition) is 1. The third kappa shape index (κ3) is 6.71. The fourth-order valence-corrected chi connectivity index (χ4v) is 8.68. The summed E-state index contributed by atoms with van der Waals surface area (Å²) in [7, 11) is 2.56. The van der Waals surface area contributed by atoms with Crippen LogP contribution in [0.25, 0.3) is 0 Å². The summed E-state index contributed by atoms with van der Waals surface area (Å²) in [5.41, 5.74) is 1.55. The van der Waals surface area contributed by atoms with Gasteiger partial charge in [0, 0.05) is 83.8 Å². The molecule has 5 aliphatic rings. The third-order valence-corrected chi connectivity index (χ3v) is 11.3. The van der Waals surface area contributed by atoms with E-state index in [9.17, 15) is 14.4 Å². The van der Waals surface area contributed by atoms with E-state index in [2.05, 4.69) is 20.1 Å². The molecule has 4 fully saturated rings. The Bertz CT molecular complexity index is 1510. The topological polar surface area (TPSA) is 104 Å². The Kier molecular flexibility index (Phi) is 10.3. The molecule has 5 aliphatic heterocycles. The first-order valence-corrected chi connectivity index (χ1v) is 17.4. The molecule has 7 rings (SSSR count). The van der Waals surface area contributed by atoms with Gasteiger partial charge in [-0.05, 0) is 50.4 Å². The molecule has 1 aromatic carbocycles. The predicted molar refractivity (Wildman–Crippen MR) is 177 cm³/mol. The number of piperazine rings is 1. The zero-order chi connectivity index (χ0) is 32.4. The van der Waals surface area contributed by atoms with Crippen LogP contribution in [0.5, 0.6) is 0 Å². The number of piperidine rings is 3. The fourth-order valence-electron chi connectivity index (χ4n) is 7.45. The van der Waals surface area contributed by atoms with Crippen LogP contribution in [0.3, 0.4) is 0 Å². The number of fused-ring (bicyclic) bond motifs is 3. The number of thiazole rings is 1. The summed E-state index contributed by atoms with van der Waals surface area (Å²) in [4.78, 5) is 52.4. The van der Waals surface area contributed by atoms with E-state index < -0.39 is 17.9 Å². The van der Waals surface area contributed by atoms with E-state index in [1.807, 2.05) is 10.3 Å². The van der Waals surface area contributed by atoms with Gasteiger partial charge in [-0.15, -0.1) is 11.3 Å². The Labute approximate surface area is 283 Å². The number of allylic oxidation sites excluding steroid dienone is 1. The molecule has 10 nitrogen and oxygen atoms in total. The van der Waals surface area contributed by atoms with Crippen LogP contribution in [0.1, 0.15) is 42.2 Å². The second-order valence-electron chi connectivity index (χ2n) is 12.2. The number of methoxy groups -OCH3 is 2. The lowest BCUT2D eigenvalue weighted by Crippen LogP contribution is -2.61. The quantitative estimate of drug-likeness (QED) is 0.388. The van der Waals surface area contributed by atoms with Crippen LogP contribution in [0.15, 0.2) is 52.3 Å². The maximum atomic E-state index is 13.9. The Balaban J connectivity index is 1.31. The molecule has 4 saturated heterocycles. The number of nitrogens with zero attached hydrogens (tertiary/aromatic N) is 4. The van der Waals surface area contributed by atoms with E-state index in [-0.39, 0.29) is 33.5 Å². The van der Waals surface area contributed by atoms with Crippen molar-refractivity contribution in [3.63, 3.8) is 0 Å². The van der Waals surface area contributed by atoms with Crippen LogP contribution < -0.4 is 5.32 Å². The van der Waals surface area contributed by atoms with E-state index in [4.69, 9.17) is 32.7 Å². The second-order valence-corrected chi connectivity index (χ2v) is 14.0. The van der Waals surface area contributed by atoms with Gasteiger partial charge in [0.05, 0.1) is 42.7 Å². The van der Waals surface area contributed by atoms with Crippen LogP contribution in [-0.4, -0.2) is 104 Å². The molecule has 46 heavy (non-hydrogen) atoms. The van der Waals surface area contributed by atoms with E-state index in [0.717, 1.165) is 30.6 Å². The van der Waals surface area contributed by atoms with Crippen molar-refractivity contribution < 1.29 is 23.9 Å². The minimum absolute atomic E-state index is 0.0853. The summed E-state index contributed by atoms with van der Waals surface area (Å²) in [6, 6.07) is 5.56. The van der Waals surface area contributed by atoms with Crippen molar-refractivity contribution in [3.05, 3.63) is 72.9 Å². The number of dihydropyridines is 1. The van der Waals surface area contributed by atoms with Gasteiger partial charge in [0.1, 0.15) is 0 Å². The summed E-state index contributed by atoms with van der Waals surface area (Å²) in [5, 5.41) is 6.64. The molecule has 1 amide bonds. The molecule has 2 bridgehead atoms.